The molecule has 8 heteroatoms. The van der Waals surface area contributed by atoms with Crippen LogP contribution in [0.25, 0.3) is 0 Å². The molecule has 0 amide bonds. The highest BCUT2D eigenvalue weighted by atomic mass is 127. The van der Waals surface area contributed by atoms with Crippen molar-refractivity contribution < 1.29 is 13.5 Å². The van der Waals surface area contributed by atoms with Gasteiger partial charge in [0.2, 0.25) is 0 Å². The minimum absolute atomic E-state index is 0. The Labute approximate surface area is 161 Å². The maximum Gasteiger partial charge on any atom is 0.387 e. The van der Waals surface area contributed by atoms with Gasteiger partial charge in [-0.3, -0.25) is 4.99 Å². The van der Waals surface area contributed by atoms with E-state index in [0.29, 0.717) is 24.6 Å². The van der Waals surface area contributed by atoms with Gasteiger partial charge in [-0.1, -0.05) is 17.7 Å². The molecule has 2 N–H and O–H groups in total. The summed E-state index contributed by atoms with van der Waals surface area (Å²) < 4.78 is 29.5. The minimum atomic E-state index is -2.84. The monoisotopic (exact) mass is 467 g/mol. The molecule has 0 radical (unpaired) electrons. The maximum atomic E-state index is 12.5. The number of hydrogen-bond donors (Lipinski definition) is 2. The van der Waals surface area contributed by atoms with Gasteiger partial charge in [0.15, 0.2) is 5.96 Å². The van der Waals surface area contributed by atoms with Crippen LogP contribution in [0.3, 0.4) is 0 Å². The van der Waals surface area contributed by atoms with Gasteiger partial charge < -0.3 is 15.4 Å². The summed E-state index contributed by atoms with van der Waals surface area (Å²) in [5, 5.41) is 10.3. The Kier molecular flexibility index (Phi) is 8.98. The molecule has 0 spiro atoms. The van der Waals surface area contributed by atoms with E-state index in [4.69, 9.17) is 0 Å². The molecule has 0 atom stereocenters. The van der Waals surface area contributed by atoms with Crippen LogP contribution < -0.4 is 15.4 Å². The highest BCUT2D eigenvalue weighted by Gasteiger charge is 2.10. The lowest BCUT2D eigenvalue weighted by Gasteiger charge is -2.15. The van der Waals surface area contributed by atoms with Crippen molar-refractivity contribution in [1.82, 2.24) is 10.6 Å². The molecular weight excluding hydrogens is 447 g/mol. The SMILES string of the molecule is CN=C(NCc1ccsc1)NCc1cc(C)ccc1OC(F)F.I. The smallest absolute Gasteiger partial charge is 0.387 e. The van der Waals surface area contributed by atoms with Crippen LogP contribution in [0, 0.1) is 6.92 Å². The Morgan fingerprint density at radius 2 is 2.00 bits per heavy atom. The quantitative estimate of drug-likeness (QED) is 0.382. The maximum absolute atomic E-state index is 12.5. The van der Waals surface area contributed by atoms with Gasteiger partial charge in [-0.25, -0.2) is 0 Å². The fraction of sp³-hybridized carbons (Fsp3) is 0.312. The Balaban J connectivity index is 0.00000288. The van der Waals surface area contributed by atoms with Crippen molar-refractivity contribution in [2.24, 2.45) is 4.99 Å². The third kappa shape index (κ3) is 6.60. The molecule has 2 aromatic rings. The Morgan fingerprint density at radius 1 is 1.25 bits per heavy atom. The molecule has 0 unspecified atom stereocenters. The van der Waals surface area contributed by atoms with Gasteiger partial charge in [-0.2, -0.15) is 20.1 Å². The number of hydrogen-bond acceptors (Lipinski definition) is 3. The van der Waals surface area contributed by atoms with E-state index in [1.165, 1.54) is 0 Å². The molecule has 0 saturated carbocycles. The van der Waals surface area contributed by atoms with E-state index in [1.807, 2.05) is 24.4 Å². The van der Waals surface area contributed by atoms with Crippen molar-refractivity contribution in [3.8, 4) is 5.75 Å². The molecule has 24 heavy (non-hydrogen) atoms. The number of nitrogens with zero attached hydrogens (tertiary/aromatic N) is 1. The zero-order chi connectivity index (χ0) is 16.7. The first-order valence-electron chi connectivity index (χ1n) is 7.08. The third-order valence-electron chi connectivity index (χ3n) is 3.14. The van der Waals surface area contributed by atoms with Crippen LogP contribution >= 0.6 is 35.3 Å². The third-order valence-corrected chi connectivity index (χ3v) is 3.87. The predicted molar refractivity (Wildman–Crippen MR) is 105 cm³/mol. The Bertz CT molecular complexity index is 651. The largest absolute Gasteiger partial charge is 0.434 e. The second kappa shape index (κ2) is 10.4. The zero-order valence-electron chi connectivity index (χ0n) is 13.4. The van der Waals surface area contributed by atoms with Gasteiger partial charge in [0.25, 0.3) is 0 Å². The van der Waals surface area contributed by atoms with Crippen molar-refractivity contribution in [3.05, 3.63) is 51.7 Å². The highest BCUT2D eigenvalue weighted by molar-refractivity contribution is 14.0. The summed E-state index contributed by atoms with van der Waals surface area (Å²) in [4.78, 5) is 4.12. The molecule has 0 aliphatic carbocycles. The fourth-order valence-corrected chi connectivity index (χ4v) is 2.70. The number of halogens is 3. The summed E-state index contributed by atoms with van der Waals surface area (Å²) >= 11 is 1.63. The minimum Gasteiger partial charge on any atom is -0.434 e. The van der Waals surface area contributed by atoms with Crippen LogP contribution in [0.15, 0.2) is 40.0 Å². The summed E-state index contributed by atoms with van der Waals surface area (Å²) in [6.45, 7) is 0.0523. The zero-order valence-corrected chi connectivity index (χ0v) is 16.5. The van der Waals surface area contributed by atoms with Crippen LogP contribution in [0.4, 0.5) is 8.78 Å². The van der Waals surface area contributed by atoms with Crippen molar-refractivity contribution in [1.29, 1.82) is 0 Å². The molecule has 0 fully saturated rings. The molecule has 0 saturated heterocycles. The molecule has 0 aliphatic rings. The first-order chi connectivity index (χ1) is 11.1. The molecule has 2 rings (SSSR count). The number of aliphatic imine (C=N–C) groups is 1. The first-order valence-corrected chi connectivity index (χ1v) is 8.02. The lowest BCUT2D eigenvalue weighted by molar-refractivity contribution is -0.0504. The van der Waals surface area contributed by atoms with E-state index in [0.717, 1.165) is 11.1 Å². The predicted octanol–water partition coefficient (Wildman–Crippen LogP) is 4.14. The number of aryl methyl sites for hydroxylation is 1. The first kappa shape index (κ1) is 20.6. The lowest BCUT2D eigenvalue weighted by Crippen LogP contribution is -2.36. The van der Waals surface area contributed by atoms with Crippen molar-refractivity contribution in [2.45, 2.75) is 26.6 Å². The fourth-order valence-electron chi connectivity index (χ4n) is 2.04. The normalized spacial score (nSPS) is 11.1. The molecule has 0 aliphatic heterocycles. The Hall–Kier alpha value is -1.42. The summed E-state index contributed by atoms with van der Waals surface area (Å²) in [6, 6.07) is 7.14. The average Bonchev–Trinajstić information content (AvgIpc) is 3.03. The second-order valence-electron chi connectivity index (χ2n) is 4.90. The number of nitrogens with one attached hydrogen (secondary N) is 2. The van der Waals surface area contributed by atoms with Crippen LogP contribution in [-0.4, -0.2) is 19.6 Å². The van der Waals surface area contributed by atoms with E-state index in [2.05, 4.69) is 25.7 Å². The topological polar surface area (TPSA) is 45.7 Å². The number of benzene rings is 1. The number of alkyl halides is 2. The molecule has 0 bridgehead atoms. The van der Waals surface area contributed by atoms with Gasteiger partial charge in [-0.15, -0.1) is 24.0 Å². The lowest BCUT2D eigenvalue weighted by atomic mass is 10.1. The number of guanidine groups is 1. The van der Waals surface area contributed by atoms with E-state index < -0.39 is 6.61 Å². The number of thiophene rings is 1. The van der Waals surface area contributed by atoms with Crippen molar-refractivity contribution in [3.63, 3.8) is 0 Å². The summed E-state index contributed by atoms with van der Waals surface area (Å²) in [5.74, 6) is 0.770. The van der Waals surface area contributed by atoms with E-state index in [-0.39, 0.29) is 29.7 Å². The molecular formula is C16H20F2IN3OS. The second-order valence-corrected chi connectivity index (χ2v) is 5.68. The van der Waals surface area contributed by atoms with Crippen LogP contribution in [0.2, 0.25) is 0 Å². The summed E-state index contributed by atoms with van der Waals surface area (Å²) in [6.07, 6.45) is 0. The summed E-state index contributed by atoms with van der Waals surface area (Å²) in [7, 11) is 1.66. The van der Waals surface area contributed by atoms with Crippen LogP contribution in [-0.2, 0) is 13.1 Å². The molecule has 1 aromatic carbocycles. The number of rotatable bonds is 6. The van der Waals surface area contributed by atoms with Gasteiger partial charge in [0.05, 0.1) is 0 Å². The van der Waals surface area contributed by atoms with E-state index in [1.54, 1.807) is 30.5 Å². The van der Waals surface area contributed by atoms with Gasteiger partial charge in [-0.05, 0) is 35.4 Å². The highest BCUT2D eigenvalue weighted by Crippen LogP contribution is 2.21. The molecule has 4 nitrogen and oxygen atoms in total. The van der Waals surface area contributed by atoms with Gasteiger partial charge >= 0.3 is 6.61 Å². The standard InChI is InChI=1S/C16H19F2N3OS.HI/c1-11-3-4-14(22-15(17)18)13(7-11)9-21-16(19-2)20-8-12-5-6-23-10-12;/h3-7,10,15H,8-9H2,1-2H3,(H2,19,20,21);1H. The molecule has 1 heterocycles. The number of ether oxygens (including phenoxy) is 1. The van der Waals surface area contributed by atoms with Crippen molar-refractivity contribution >= 4 is 41.3 Å². The van der Waals surface area contributed by atoms with Crippen molar-refractivity contribution in [2.75, 3.05) is 7.05 Å². The Morgan fingerprint density at radius 3 is 2.62 bits per heavy atom. The van der Waals surface area contributed by atoms with E-state index >= 15 is 0 Å². The molecule has 132 valence electrons. The average molecular weight is 467 g/mol. The van der Waals surface area contributed by atoms with Gasteiger partial charge in [0.1, 0.15) is 5.75 Å². The van der Waals surface area contributed by atoms with E-state index in [9.17, 15) is 8.78 Å². The van der Waals surface area contributed by atoms with Crippen LogP contribution in [0.5, 0.6) is 5.75 Å². The van der Waals surface area contributed by atoms with Gasteiger partial charge in [0, 0.05) is 25.7 Å². The molecule has 1 aromatic heterocycles. The summed E-state index contributed by atoms with van der Waals surface area (Å²) in [5.41, 5.74) is 2.80. The van der Waals surface area contributed by atoms with Crippen LogP contribution in [0.1, 0.15) is 16.7 Å².